The molecule has 1 N–H and O–H groups in total. The summed E-state index contributed by atoms with van der Waals surface area (Å²) in [6, 6.07) is 1.76. The van der Waals surface area contributed by atoms with Crippen LogP contribution in [0.15, 0.2) is 11.4 Å². The first kappa shape index (κ1) is 11.5. The van der Waals surface area contributed by atoms with Crippen LogP contribution >= 0.6 is 11.3 Å². The number of carbonyl (C=O) groups is 2. The van der Waals surface area contributed by atoms with Gasteiger partial charge in [-0.15, -0.1) is 11.3 Å². The molecule has 0 spiro atoms. The van der Waals surface area contributed by atoms with E-state index in [-0.39, 0.29) is 23.5 Å². The monoisotopic (exact) mass is 267 g/mol. The fourth-order valence-corrected chi connectivity index (χ4v) is 3.63. The number of Topliss-reactive ketones (excluding diaryl/α,β-unsaturated/α-hetero) is 1. The minimum Gasteiger partial charge on any atom is -0.496 e. The van der Waals surface area contributed by atoms with Crippen LogP contribution in [0, 0.1) is 17.8 Å². The highest BCUT2D eigenvalue weighted by Crippen LogP contribution is 2.53. The maximum atomic E-state index is 12.2. The lowest BCUT2D eigenvalue weighted by Crippen LogP contribution is -2.30. The van der Waals surface area contributed by atoms with Gasteiger partial charge in [0.15, 0.2) is 5.78 Å². The molecule has 96 valence electrons. The maximum absolute atomic E-state index is 12.2. The van der Waals surface area contributed by atoms with Gasteiger partial charge in [-0.2, -0.15) is 0 Å². The van der Waals surface area contributed by atoms with E-state index in [4.69, 9.17) is 9.84 Å². The van der Waals surface area contributed by atoms with Gasteiger partial charge in [0.2, 0.25) is 0 Å². The Kier molecular flexibility index (Phi) is 2.55. The fraction of sp³-hybridized carbons (Fsp3) is 0.500. The normalized spacial score (nSPS) is 28.9. The highest BCUT2D eigenvalue weighted by atomic mass is 32.1. The molecule has 1 aromatic rings. The molecule has 3 rings (SSSR count). The smallest absolute Gasteiger partial charge is 0.407 e. The molecule has 2 unspecified atom stereocenters. The third-order valence-electron chi connectivity index (χ3n) is 3.82. The number of likely N-dealkylation sites (tertiary alicyclic amines) is 1. The van der Waals surface area contributed by atoms with Crippen molar-refractivity contribution in [1.82, 2.24) is 4.90 Å². The topological polar surface area (TPSA) is 66.8 Å². The average molecular weight is 267 g/mol. The van der Waals surface area contributed by atoms with Gasteiger partial charge in [-0.05, 0) is 11.8 Å². The van der Waals surface area contributed by atoms with Gasteiger partial charge in [0.05, 0.1) is 12.0 Å². The number of methoxy groups -OCH3 is 1. The molecule has 18 heavy (non-hydrogen) atoms. The van der Waals surface area contributed by atoms with E-state index < -0.39 is 6.09 Å². The Balaban J connectivity index is 1.66. The summed E-state index contributed by atoms with van der Waals surface area (Å²) in [5.41, 5.74) is 0. The Hall–Kier alpha value is -1.56. The first-order valence-corrected chi connectivity index (χ1v) is 6.64. The van der Waals surface area contributed by atoms with Gasteiger partial charge in [-0.3, -0.25) is 4.79 Å². The molecular weight excluding hydrogens is 254 g/mol. The number of hydrogen-bond acceptors (Lipinski definition) is 4. The first-order chi connectivity index (χ1) is 8.61. The highest BCUT2D eigenvalue weighted by molar-refractivity contribution is 7.12. The van der Waals surface area contributed by atoms with Gasteiger partial charge in [-0.1, -0.05) is 0 Å². The molecule has 0 radical (unpaired) electrons. The summed E-state index contributed by atoms with van der Waals surface area (Å²) < 4.78 is 5.06. The van der Waals surface area contributed by atoms with Crippen LogP contribution in [0.25, 0.3) is 0 Å². The molecule has 1 saturated carbocycles. The Morgan fingerprint density at radius 1 is 1.44 bits per heavy atom. The van der Waals surface area contributed by atoms with Crippen molar-refractivity contribution in [3.63, 3.8) is 0 Å². The third kappa shape index (κ3) is 1.68. The lowest BCUT2D eigenvalue weighted by Gasteiger charge is -2.14. The van der Waals surface area contributed by atoms with Crippen LogP contribution in [0.2, 0.25) is 0 Å². The molecule has 2 fully saturated rings. The summed E-state index contributed by atoms with van der Waals surface area (Å²) in [7, 11) is 1.58. The summed E-state index contributed by atoms with van der Waals surface area (Å²) >= 11 is 1.39. The van der Waals surface area contributed by atoms with E-state index in [0.717, 1.165) is 0 Å². The summed E-state index contributed by atoms with van der Waals surface area (Å²) in [4.78, 5) is 25.1. The van der Waals surface area contributed by atoms with Gasteiger partial charge < -0.3 is 14.7 Å². The molecule has 2 aliphatic rings. The van der Waals surface area contributed by atoms with E-state index in [1.165, 1.54) is 16.2 Å². The molecular formula is C12H13NO4S. The van der Waals surface area contributed by atoms with Gasteiger partial charge in [-0.25, -0.2) is 4.79 Å². The first-order valence-electron chi connectivity index (χ1n) is 5.76. The Morgan fingerprint density at radius 3 is 2.61 bits per heavy atom. The van der Waals surface area contributed by atoms with Crippen LogP contribution in [0.5, 0.6) is 5.75 Å². The van der Waals surface area contributed by atoms with E-state index in [0.29, 0.717) is 23.7 Å². The molecule has 1 saturated heterocycles. The number of nitrogens with zero attached hydrogens (tertiary/aromatic N) is 1. The molecule has 1 aliphatic heterocycles. The lowest BCUT2D eigenvalue weighted by atomic mass is 10.1. The second-order valence-corrected chi connectivity index (χ2v) is 5.67. The number of fused-ring (bicyclic) bond motifs is 1. The second kappa shape index (κ2) is 3.98. The molecule has 5 nitrogen and oxygen atoms in total. The van der Waals surface area contributed by atoms with Gasteiger partial charge in [0, 0.05) is 30.5 Å². The predicted molar refractivity (Wildman–Crippen MR) is 65.3 cm³/mol. The minimum absolute atomic E-state index is 0.0176. The van der Waals surface area contributed by atoms with E-state index in [9.17, 15) is 9.59 Å². The zero-order valence-corrected chi connectivity index (χ0v) is 10.6. The van der Waals surface area contributed by atoms with E-state index >= 15 is 0 Å². The molecule has 1 aliphatic carbocycles. The predicted octanol–water partition coefficient (Wildman–Crippen LogP) is 1.80. The largest absolute Gasteiger partial charge is 0.496 e. The van der Waals surface area contributed by atoms with E-state index in [1.54, 1.807) is 13.2 Å². The van der Waals surface area contributed by atoms with Gasteiger partial charge in [0.1, 0.15) is 5.75 Å². The summed E-state index contributed by atoms with van der Waals surface area (Å²) in [5.74, 6) is 1.32. The van der Waals surface area contributed by atoms with Crippen molar-refractivity contribution >= 4 is 23.2 Å². The van der Waals surface area contributed by atoms with Crippen LogP contribution in [-0.4, -0.2) is 42.1 Å². The average Bonchev–Trinajstić information content (AvgIpc) is 2.76. The van der Waals surface area contributed by atoms with Gasteiger partial charge >= 0.3 is 6.09 Å². The maximum Gasteiger partial charge on any atom is 0.407 e. The van der Waals surface area contributed by atoms with Crippen molar-refractivity contribution in [3.8, 4) is 5.75 Å². The van der Waals surface area contributed by atoms with Gasteiger partial charge in [0.25, 0.3) is 0 Å². The minimum atomic E-state index is -0.883. The van der Waals surface area contributed by atoms with Crippen molar-refractivity contribution in [2.45, 2.75) is 0 Å². The number of carboxylic acid groups (broad SMARTS) is 1. The summed E-state index contributed by atoms with van der Waals surface area (Å²) in [6.07, 6.45) is -0.883. The number of ether oxygens (including phenoxy) is 1. The molecule has 6 heteroatoms. The second-order valence-electron chi connectivity index (χ2n) is 4.76. The zero-order valence-electron chi connectivity index (χ0n) is 9.83. The summed E-state index contributed by atoms with van der Waals surface area (Å²) in [6.45, 7) is 0.998. The number of rotatable bonds is 3. The molecule has 1 amide bonds. The Bertz CT molecular complexity index is 500. The van der Waals surface area contributed by atoms with Crippen molar-refractivity contribution in [1.29, 1.82) is 0 Å². The Morgan fingerprint density at radius 2 is 2.11 bits per heavy atom. The Labute approximate surface area is 108 Å². The molecule has 0 aromatic carbocycles. The number of amides is 1. The fourth-order valence-electron chi connectivity index (χ4n) is 2.79. The third-order valence-corrected chi connectivity index (χ3v) is 4.74. The van der Waals surface area contributed by atoms with Crippen molar-refractivity contribution < 1.29 is 19.4 Å². The van der Waals surface area contributed by atoms with Crippen molar-refractivity contribution in [3.05, 3.63) is 16.3 Å². The van der Waals surface area contributed by atoms with Crippen LogP contribution in [-0.2, 0) is 0 Å². The molecule has 1 aromatic heterocycles. The SMILES string of the molecule is COc1csc(C(=O)C2C3CN(C(=O)O)CC32)c1. The quantitative estimate of drug-likeness (QED) is 0.848. The standard InChI is InChI=1S/C12H13NO4S/c1-17-6-2-9(18-5-6)11(14)10-7-3-13(12(15)16)4-8(7)10/h2,5,7-8,10H,3-4H2,1H3,(H,15,16). The number of ketones is 1. The molecule has 0 bridgehead atoms. The lowest BCUT2D eigenvalue weighted by molar-refractivity contribution is 0.0938. The van der Waals surface area contributed by atoms with E-state index in [2.05, 4.69) is 0 Å². The highest BCUT2D eigenvalue weighted by Gasteiger charge is 2.60. The number of piperidine rings is 1. The van der Waals surface area contributed by atoms with Crippen molar-refractivity contribution in [2.75, 3.05) is 20.2 Å². The molecule has 2 heterocycles. The summed E-state index contributed by atoms with van der Waals surface area (Å²) in [5, 5.41) is 10.7. The van der Waals surface area contributed by atoms with Crippen LogP contribution in [0.1, 0.15) is 9.67 Å². The number of hydrogen-bond donors (Lipinski definition) is 1. The van der Waals surface area contributed by atoms with Crippen LogP contribution in [0.3, 0.4) is 0 Å². The molecule has 2 atom stereocenters. The number of thiophene rings is 1. The zero-order chi connectivity index (χ0) is 12.9. The van der Waals surface area contributed by atoms with Crippen LogP contribution < -0.4 is 4.74 Å². The van der Waals surface area contributed by atoms with Crippen LogP contribution in [0.4, 0.5) is 4.79 Å². The van der Waals surface area contributed by atoms with E-state index in [1.807, 2.05) is 5.38 Å². The number of carbonyl (C=O) groups excluding carboxylic acids is 1. The van der Waals surface area contributed by atoms with Crippen molar-refractivity contribution in [2.24, 2.45) is 17.8 Å².